The summed E-state index contributed by atoms with van der Waals surface area (Å²) in [6, 6.07) is 10.3. The lowest BCUT2D eigenvalue weighted by Crippen LogP contribution is -2.25. The van der Waals surface area contributed by atoms with E-state index in [9.17, 15) is 9.59 Å². The van der Waals surface area contributed by atoms with Crippen molar-refractivity contribution >= 4 is 34.0 Å². The highest BCUT2D eigenvalue weighted by molar-refractivity contribution is 7.14. The van der Waals surface area contributed by atoms with Crippen LogP contribution in [0.4, 0.5) is 10.8 Å². The number of amides is 2. The van der Waals surface area contributed by atoms with Gasteiger partial charge in [-0.1, -0.05) is 0 Å². The third kappa shape index (κ3) is 3.85. The summed E-state index contributed by atoms with van der Waals surface area (Å²) in [6.07, 6.45) is 0. The molecule has 9 heteroatoms. The molecule has 2 amide bonds. The second-order valence-electron chi connectivity index (χ2n) is 6.11. The Morgan fingerprint density at radius 3 is 2.86 bits per heavy atom. The normalized spacial score (nSPS) is 12.4. The van der Waals surface area contributed by atoms with Gasteiger partial charge in [-0.25, -0.2) is 4.98 Å². The Morgan fingerprint density at radius 2 is 2.07 bits per heavy atom. The molecular weight excluding hydrogens is 394 g/mol. The van der Waals surface area contributed by atoms with Gasteiger partial charge in [-0.2, -0.15) is 0 Å². The monoisotopic (exact) mass is 411 g/mol. The van der Waals surface area contributed by atoms with Gasteiger partial charge in [0, 0.05) is 16.5 Å². The van der Waals surface area contributed by atoms with Gasteiger partial charge in [0.15, 0.2) is 11.7 Å². The largest absolute Gasteiger partial charge is 0.497 e. The van der Waals surface area contributed by atoms with E-state index < -0.39 is 0 Å². The van der Waals surface area contributed by atoms with Gasteiger partial charge < -0.3 is 19.5 Å². The topological polar surface area (TPSA) is 98.8 Å². The molecule has 1 aliphatic rings. The van der Waals surface area contributed by atoms with Crippen LogP contribution in [0.1, 0.15) is 10.4 Å². The number of nitrogens with zero attached hydrogens (tertiary/aromatic N) is 1. The van der Waals surface area contributed by atoms with E-state index in [0.717, 1.165) is 5.56 Å². The number of aromatic nitrogens is 1. The van der Waals surface area contributed by atoms with Gasteiger partial charge >= 0.3 is 0 Å². The number of ether oxygens (including phenoxy) is 3. The number of fused-ring (bicyclic) bond motifs is 1. The third-order valence-corrected chi connectivity index (χ3v) is 5.04. The van der Waals surface area contributed by atoms with Crippen LogP contribution in [0.25, 0.3) is 11.3 Å². The number of hydrogen-bond donors (Lipinski definition) is 2. The third-order valence-electron chi connectivity index (χ3n) is 4.28. The van der Waals surface area contributed by atoms with Crippen LogP contribution in [-0.4, -0.2) is 37.6 Å². The fourth-order valence-corrected chi connectivity index (χ4v) is 3.56. The van der Waals surface area contributed by atoms with Crippen LogP contribution in [0.15, 0.2) is 41.8 Å². The first-order chi connectivity index (χ1) is 14.1. The van der Waals surface area contributed by atoms with Crippen LogP contribution < -0.4 is 24.8 Å². The molecule has 148 valence electrons. The van der Waals surface area contributed by atoms with E-state index in [1.165, 1.54) is 11.3 Å². The van der Waals surface area contributed by atoms with Gasteiger partial charge in [0.25, 0.3) is 11.8 Å². The average molecular weight is 411 g/mol. The summed E-state index contributed by atoms with van der Waals surface area (Å²) in [5.41, 5.74) is 2.37. The van der Waals surface area contributed by atoms with Crippen LogP contribution in [0.2, 0.25) is 0 Å². The van der Waals surface area contributed by atoms with Crippen LogP contribution in [0.5, 0.6) is 17.2 Å². The summed E-state index contributed by atoms with van der Waals surface area (Å²) < 4.78 is 16.0. The number of carbonyl (C=O) groups is 2. The predicted octanol–water partition coefficient (Wildman–Crippen LogP) is 3.41. The van der Waals surface area contributed by atoms with Crippen LogP contribution in [0, 0.1) is 0 Å². The van der Waals surface area contributed by atoms with Gasteiger partial charge in [-0.3, -0.25) is 14.9 Å². The number of nitrogens with one attached hydrogen (secondary N) is 2. The van der Waals surface area contributed by atoms with Crippen molar-refractivity contribution in [1.82, 2.24) is 4.98 Å². The second-order valence-corrected chi connectivity index (χ2v) is 6.96. The summed E-state index contributed by atoms with van der Waals surface area (Å²) in [4.78, 5) is 28.4. The molecule has 0 saturated carbocycles. The number of methoxy groups -OCH3 is 2. The molecule has 0 atom stereocenters. The molecule has 1 aromatic heterocycles. The Hall–Kier alpha value is -3.59. The highest BCUT2D eigenvalue weighted by atomic mass is 32.1. The molecule has 0 aliphatic carbocycles. The Balaban J connectivity index is 1.54. The van der Waals surface area contributed by atoms with E-state index in [2.05, 4.69) is 15.6 Å². The van der Waals surface area contributed by atoms with E-state index in [-0.39, 0.29) is 18.4 Å². The molecule has 0 fully saturated rings. The van der Waals surface area contributed by atoms with Crippen LogP contribution >= 0.6 is 11.3 Å². The molecule has 0 spiro atoms. The molecule has 2 aromatic carbocycles. The summed E-state index contributed by atoms with van der Waals surface area (Å²) >= 11 is 1.30. The number of thiazole rings is 1. The molecule has 0 saturated heterocycles. The minimum absolute atomic E-state index is 0.0731. The first kappa shape index (κ1) is 18.8. The molecule has 8 nitrogen and oxygen atoms in total. The average Bonchev–Trinajstić information content (AvgIpc) is 3.21. The summed E-state index contributed by atoms with van der Waals surface area (Å²) in [5, 5.41) is 7.75. The minimum Gasteiger partial charge on any atom is -0.497 e. The fourth-order valence-electron chi connectivity index (χ4n) is 2.85. The molecule has 3 aromatic rings. The Kier molecular flexibility index (Phi) is 5.05. The van der Waals surface area contributed by atoms with E-state index in [1.54, 1.807) is 44.6 Å². The molecule has 29 heavy (non-hydrogen) atoms. The maximum absolute atomic E-state index is 12.6. The Bertz CT molecular complexity index is 1100. The lowest BCUT2D eigenvalue weighted by molar-refractivity contribution is -0.118. The highest BCUT2D eigenvalue weighted by Crippen LogP contribution is 2.35. The van der Waals surface area contributed by atoms with Crippen molar-refractivity contribution in [2.75, 3.05) is 31.5 Å². The molecule has 0 radical (unpaired) electrons. The first-order valence-electron chi connectivity index (χ1n) is 8.63. The molecular formula is C20H17N3O5S. The van der Waals surface area contributed by atoms with Gasteiger partial charge in [0.1, 0.15) is 17.2 Å². The molecule has 2 N–H and O–H groups in total. The number of hydrogen-bond acceptors (Lipinski definition) is 7. The maximum atomic E-state index is 12.6. The Morgan fingerprint density at radius 1 is 1.21 bits per heavy atom. The number of rotatable bonds is 5. The Labute approximate surface area is 170 Å². The molecule has 0 bridgehead atoms. The van der Waals surface area contributed by atoms with Gasteiger partial charge in [-0.15, -0.1) is 11.3 Å². The summed E-state index contributed by atoms with van der Waals surface area (Å²) in [5.74, 6) is 1.24. The smallest absolute Gasteiger partial charge is 0.262 e. The van der Waals surface area contributed by atoms with E-state index in [0.29, 0.717) is 39.3 Å². The van der Waals surface area contributed by atoms with Crippen LogP contribution in [0.3, 0.4) is 0 Å². The minimum atomic E-state index is -0.327. The molecule has 2 heterocycles. The number of anilines is 2. The molecule has 1 aliphatic heterocycles. The van der Waals surface area contributed by atoms with Crippen molar-refractivity contribution in [3.63, 3.8) is 0 Å². The number of carbonyl (C=O) groups excluding carboxylic acids is 2. The molecule has 0 unspecified atom stereocenters. The zero-order valence-corrected chi connectivity index (χ0v) is 16.5. The maximum Gasteiger partial charge on any atom is 0.262 e. The lowest BCUT2D eigenvalue weighted by atomic mass is 10.1. The van der Waals surface area contributed by atoms with Gasteiger partial charge in [0.2, 0.25) is 0 Å². The van der Waals surface area contributed by atoms with Crippen molar-refractivity contribution in [1.29, 1.82) is 0 Å². The highest BCUT2D eigenvalue weighted by Gasteiger charge is 2.19. The van der Waals surface area contributed by atoms with Crippen molar-refractivity contribution in [3.05, 3.63) is 47.3 Å². The lowest BCUT2D eigenvalue weighted by Gasteiger charge is -2.18. The SMILES string of the molecule is COc1ccc(OC)c(-c2csc(NC(=O)c3ccc4c(c3)OCC(=O)N4)n2)c1. The van der Waals surface area contributed by atoms with E-state index >= 15 is 0 Å². The fraction of sp³-hybridized carbons (Fsp3) is 0.150. The van der Waals surface area contributed by atoms with Crippen LogP contribution in [-0.2, 0) is 4.79 Å². The predicted molar refractivity (Wildman–Crippen MR) is 109 cm³/mol. The molecule has 4 rings (SSSR count). The van der Waals surface area contributed by atoms with Crippen molar-refractivity contribution < 1.29 is 23.8 Å². The summed E-state index contributed by atoms with van der Waals surface area (Å²) in [7, 11) is 3.17. The van der Waals surface area contributed by atoms with E-state index in [4.69, 9.17) is 14.2 Å². The van der Waals surface area contributed by atoms with E-state index in [1.807, 2.05) is 11.4 Å². The quantitative estimate of drug-likeness (QED) is 0.668. The standard InChI is InChI=1S/C20H17N3O5S/c1-26-12-4-6-16(27-2)13(8-12)15-10-29-20(22-15)23-19(25)11-3-5-14-17(7-11)28-9-18(24)21-14/h3-8,10H,9H2,1-2H3,(H,21,24)(H,22,23,25). The van der Waals surface area contributed by atoms with Gasteiger partial charge in [-0.05, 0) is 36.4 Å². The van der Waals surface area contributed by atoms with Crippen molar-refractivity contribution in [2.24, 2.45) is 0 Å². The summed E-state index contributed by atoms with van der Waals surface area (Å²) in [6.45, 7) is -0.0731. The van der Waals surface area contributed by atoms with Gasteiger partial charge in [0.05, 0.1) is 25.6 Å². The second kappa shape index (κ2) is 7.80. The first-order valence-corrected chi connectivity index (χ1v) is 9.51. The number of benzene rings is 2. The van der Waals surface area contributed by atoms with Crippen molar-refractivity contribution in [3.8, 4) is 28.5 Å². The van der Waals surface area contributed by atoms with Crippen molar-refractivity contribution in [2.45, 2.75) is 0 Å². The zero-order chi connectivity index (χ0) is 20.4. The zero-order valence-electron chi connectivity index (χ0n) is 15.6.